The molecule has 1 fully saturated rings. The summed E-state index contributed by atoms with van der Waals surface area (Å²) in [7, 11) is 1.66. The van der Waals surface area contributed by atoms with Crippen molar-refractivity contribution in [3.63, 3.8) is 0 Å². The van der Waals surface area contributed by atoms with Gasteiger partial charge in [0.05, 0.1) is 13.2 Å². The lowest BCUT2D eigenvalue weighted by Gasteiger charge is -2.26. The quantitative estimate of drug-likeness (QED) is 0.475. The fraction of sp³-hybridized carbons (Fsp3) is 0.556. The van der Waals surface area contributed by atoms with Crippen LogP contribution in [0.2, 0.25) is 0 Å². The van der Waals surface area contributed by atoms with Gasteiger partial charge in [-0.1, -0.05) is 0 Å². The number of carbonyl (C=O) groups is 1. The molecule has 0 aliphatic carbocycles. The van der Waals surface area contributed by atoms with Crippen molar-refractivity contribution in [2.75, 3.05) is 33.4 Å². The zero-order valence-electron chi connectivity index (χ0n) is 8.12. The highest BCUT2D eigenvalue weighted by atomic mass is 16.5. The number of rotatable bonds is 2. The van der Waals surface area contributed by atoms with Gasteiger partial charge in [0, 0.05) is 26.3 Å². The molecule has 1 saturated heterocycles. The minimum Gasteiger partial charge on any atom is -0.393 e. The number of nitrogens with zero attached hydrogens (tertiary/aromatic N) is 2. The Morgan fingerprint density at radius 2 is 2.21 bits per heavy atom. The molecule has 0 unspecified atom stereocenters. The second kappa shape index (κ2) is 5.25. The van der Waals surface area contributed by atoms with Gasteiger partial charge in [-0.15, -0.1) is 0 Å². The number of nitrogens with one attached hydrogen (secondary N) is 1. The van der Waals surface area contributed by atoms with Gasteiger partial charge >= 0.3 is 0 Å². The van der Waals surface area contributed by atoms with Gasteiger partial charge in [0.2, 0.25) is 0 Å². The summed E-state index contributed by atoms with van der Waals surface area (Å²) in [6, 6.07) is 1.87. The first kappa shape index (κ1) is 10.5. The molecule has 1 amide bonds. The van der Waals surface area contributed by atoms with Crippen LogP contribution < -0.4 is 5.32 Å². The largest absolute Gasteiger partial charge is 0.393 e. The van der Waals surface area contributed by atoms with Crippen LogP contribution in [-0.2, 0) is 9.53 Å². The van der Waals surface area contributed by atoms with Gasteiger partial charge in [-0.05, 0) is 0 Å². The Morgan fingerprint density at radius 1 is 1.57 bits per heavy atom. The fourth-order valence-corrected chi connectivity index (χ4v) is 1.22. The fourth-order valence-electron chi connectivity index (χ4n) is 1.22. The molecule has 1 aliphatic rings. The summed E-state index contributed by atoms with van der Waals surface area (Å²) in [4.78, 5) is 13.3. The van der Waals surface area contributed by atoms with Gasteiger partial charge in [0.1, 0.15) is 11.6 Å². The third kappa shape index (κ3) is 2.47. The average molecular weight is 195 g/mol. The van der Waals surface area contributed by atoms with Crippen molar-refractivity contribution < 1.29 is 9.53 Å². The van der Waals surface area contributed by atoms with Crippen molar-refractivity contribution in [3.05, 3.63) is 11.8 Å². The van der Waals surface area contributed by atoms with Crippen LogP contribution in [0.1, 0.15) is 0 Å². The van der Waals surface area contributed by atoms with Crippen LogP contribution in [0.25, 0.3) is 0 Å². The molecule has 14 heavy (non-hydrogen) atoms. The Balaban J connectivity index is 2.63. The maximum Gasteiger partial charge on any atom is 0.266 e. The Bertz CT molecular complexity index is 274. The molecular weight excluding hydrogens is 182 g/mol. The minimum atomic E-state index is -0.231. The van der Waals surface area contributed by atoms with Crippen LogP contribution in [0, 0.1) is 11.3 Å². The third-order valence-corrected chi connectivity index (χ3v) is 1.94. The molecule has 1 aliphatic heterocycles. The summed E-state index contributed by atoms with van der Waals surface area (Å²) in [5, 5.41) is 11.4. The van der Waals surface area contributed by atoms with Crippen LogP contribution in [0.15, 0.2) is 11.8 Å². The van der Waals surface area contributed by atoms with E-state index in [9.17, 15) is 4.79 Å². The summed E-state index contributed by atoms with van der Waals surface area (Å²) >= 11 is 0. The predicted octanol–water partition coefficient (Wildman–Crippen LogP) is -0.528. The Kier molecular flexibility index (Phi) is 3.95. The number of nitriles is 1. The predicted molar refractivity (Wildman–Crippen MR) is 50.2 cm³/mol. The van der Waals surface area contributed by atoms with Crippen molar-refractivity contribution in [2.45, 2.75) is 0 Å². The molecule has 0 spiro atoms. The zero-order chi connectivity index (χ0) is 10.4. The Labute approximate surface area is 82.9 Å². The molecule has 0 atom stereocenters. The number of amides is 1. The van der Waals surface area contributed by atoms with E-state index in [1.54, 1.807) is 11.9 Å². The van der Waals surface area contributed by atoms with Crippen LogP contribution in [0.3, 0.4) is 0 Å². The number of morpholine rings is 1. The standard InChI is InChI=1S/C9H13N3O2/c1-11-7-8(6-10)9(13)12-2-4-14-5-3-12/h7,11H,2-5H2,1H3/b8-7-. The van der Waals surface area contributed by atoms with E-state index in [2.05, 4.69) is 5.32 Å². The molecule has 1 N–H and O–H groups in total. The highest BCUT2D eigenvalue weighted by molar-refractivity contribution is 5.97. The van der Waals surface area contributed by atoms with E-state index in [4.69, 9.17) is 10.00 Å². The second-order valence-corrected chi connectivity index (χ2v) is 2.86. The molecule has 0 aromatic carbocycles. The summed E-state index contributed by atoms with van der Waals surface area (Å²) < 4.78 is 5.11. The monoisotopic (exact) mass is 195 g/mol. The molecule has 1 heterocycles. The lowest BCUT2D eigenvalue weighted by Crippen LogP contribution is -2.41. The molecule has 0 saturated carbocycles. The van der Waals surface area contributed by atoms with Crippen molar-refractivity contribution in [1.82, 2.24) is 10.2 Å². The van der Waals surface area contributed by atoms with E-state index in [1.165, 1.54) is 6.20 Å². The normalized spacial score (nSPS) is 17.4. The maximum absolute atomic E-state index is 11.7. The smallest absolute Gasteiger partial charge is 0.266 e. The molecule has 0 bridgehead atoms. The second-order valence-electron chi connectivity index (χ2n) is 2.86. The third-order valence-electron chi connectivity index (χ3n) is 1.94. The van der Waals surface area contributed by atoms with Crippen LogP contribution in [0.4, 0.5) is 0 Å². The first-order chi connectivity index (χ1) is 6.79. The molecule has 0 aromatic rings. The number of ether oxygens (including phenoxy) is 1. The summed E-state index contributed by atoms with van der Waals surface area (Å²) in [5.41, 5.74) is 0.134. The minimum absolute atomic E-state index is 0.134. The first-order valence-corrected chi connectivity index (χ1v) is 4.44. The number of carbonyl (C=O) groups excluding carboxylic acids is 1. The molecule has 1 rings (SSSR count). The van der Waals surface area contributed by atoms with Crippen LogP contribution in [-0.4, -0.2) is 44.2 Å². The van der Waals surface area contributed by atoms with Gasteiger partial charge < -0.3 is 15.0 Å². The van der Waals surface area contributed by atoms with Gasteiger partial charge in [0.15, 0.2) is 0 Å². The van der Waals surface area contributed by atoms with E-state index in [1.807, 2.05) is 6.07 Å². The lowest BCUT2D eigenvalue weighted by atomic mass is 10.2. The molecule has 76 valence electrons. The van der Waals surface area contributed by atoms with E-state index in [-0.39, 0.29) is 11.5 Å². The molecule has 5 nitrogen and oxygen atoms in total. The van der Waals surface area contributed by atoms with E-state index >= 15 is 0 Å². The van der Waals surface area contributed by atoms with E-state index < -0.39 is 0 Å². The maximum atomic E-state index is 11.7. The average Bonchev–Trinajstić information content (AvgIpc) is 2.26. The van der Waals surface area contributed by atoms with Crippen molar-refractivity contribution >= 4 is 5.91 Å². The van der Waals surface area contributed by atoms with Crippen molar-refractivity contribution in [3.8, 4) is 6.07 Å². The lowest BCUT2D eigenvalue weighted by molar-refractivity contribution is -0.130. The molecule has 5 heteroatoms. The highest BCUT2D eigenvalue weighted by Gasteiger charge is 2.20. The van der Waals surface area contributed by atoms with Crippen molar-refractivity contribution in [2.24, 2.45) is 0 Å². The van der Waals surface area contributed by atoms with Gasteiger partial charge in [-0.2, -0.15) is 5.26 Å². The topological polar surface area (TPSA) is 65.4 Å². The highest BCUT2D eigenvalue weighted by Crippen LogP contribution is 2.03. The summed E-state index contributed by atoms with van der Waals surface area (Å²) in [6.45, 7) is 2.21. The molecule has 0 aromatic heterocycles. The summed E-state index contributed by atoms with van der Waals surface area (Å²) in [6.07, 6.45) is 1.41. The Hall–Kier alpha value is -1.54. The first-order valence-electron chi connectivity index (χ1n) is 4.44. The Morgan fingerprint density at radius 3 is 2.71 bits per heavy atom. The summed E-state index contributed by atoms with van der Waals surface area (Å²) in [5.74, 6) is -0.231. The number of hydrogen-bond acceptors (Lipinski definition) is 4. The molecular formula is C9H13N3O2. The van der Waals surface area contributed by atoms with Gasteiger partial charge in [-0.3, -0.25) is 4.79 Å². The van der Waals surface area contributed by atoms with Crippen LogP contribution in [0.5, 0.6) is 0 Å². The van der Waals surface area contributed by atoms with Crippen LogP contribution >= 0.6 is 0 Å². The van der Waals surface area contributed by atoms with Gasteiger partial charge in [0.25, 0.3) is 5.91 Å². The SMILES string of the molecule is CN/C=C(/C#N)C(=O)N1CCOCC1. The van der Waals surface area contributed by atoms with Crippen molar-refractivity contribution in [1.29, 1.82) is 5.26 Å². The zero-order valence-corrected chi connectivity index (χ0v) is 8.12. The number of hydrogen-bond donors (Lipinski definition) is 1. The van der Waals surface area contributed by atoms with Gasteiger partial charge in [-0.25, -0.2) is 0 Å². The van der Waals surface area contributed by atoms with E-state index in [0.29, 0.717) is 26.3 Å². The van der Waals surface area contributed by atoms with E-state index in [0.717, 1.165) is 0 Å². The molecule has 0 radical (unpaired) electrons.